The molecule has 0 saturated heterocycles. The van der Waals surface area contributed by atoms with Gasteiger partial charge in [-0.1, -0.05) is 0 Å². The second-order valence-electron chi connectivity index (χ2n) is 8.86. The number of nitrogens with one attached hydrogen (secondary N) is 2. The first-order valence-electron chi connectivity index (χ1n) is 11.2. The van der Waals surface area contributed by atoms with Crippen molar-refractivity contribution < 1.29 is 23.8 Å². The SMILES string of the molecule is COc1ccc(-c2ccnc3cc(C(=O)Nc4ccc(NC(=O)OC(C)(C)C)cc4)nn23)cc1OC. The molecule has 0 aliphatic carbocycles. The van der Waals surface area contributed by atoms with E-state index in [0.29, 0.717) is 28.5 Å². The number of methoxy groups -OCH3 is 2. The van der Waals surface area contributed by atoms with Crippen LogP contribution >= 0.6 is 0 Å². The summed E-state index contributed by atoms with van der Waals surface area (Å²) in [6.07, 6.45) is 1.10. The van der Waals surface area contributed by atoms with Gasteiger partial charge in [0.1, 0.15) is 5.60 Å². The topological polar surface area (TPSA) is 116 Å². The normalized spacial score (nSPS) is 11.1. The van der Waals surface area contributed by atoms with Gasteiger partial charge in [0, 0.05) is 29.2 Å². The van der Waals surface area contributed by atoms with E-state index in [4.69, 9.17) is 14.2 Å². The number of carbonyl (C=O) groups is 2. The van der Waals surface area contributed by atoms with Gasteiger partial charge in [0.15, 0.2) is 22.8 Å². The molecule has 10 nitrogen and oxygen atoms in total. The van der Waals surface area contributed by atoms with Crippen molar-refractivity contribution in [1.29, 1.82) is 0 Å². The number of anilines is 2. The summed E-state index contributed by atoms with van der Waals surface area (Å²) < 4.78 is 17.6. The van der Waals surface area contributed by atoms with Crippen LogP contribution in [-0.2, 0) is 4.74 Å². The first-order chi connectivity index (χ1) is 17.2. The van der Waals surface area contributed by atoms with Crippen LogP contribution in [0.25, 0.3) is 16.9 Å². The zero-order valence-electron chi connectivity index (χ0n) is 20.7. The summed E-state index contributed by atoms with van der Waals surface area (Å²) in [4.78, 5) is 29.2. The van der Waals surface area contributed by atoms with Crippen LogP contribution in [0.2, 0.25) is 0 Å². The van der Waals surface area contributed by atoms with Crippen molar-refractivity contribution >= 4 is 29.0 Å². The van der Waals surface area contributed by atoms with Crippen LogP contribution in [-0.4, -0.2) is 46.4 Å². The summed E-state index contributed by atoms with van der Waals surface area (Å²) in [5, 5.41) is 9.93. The fraction of sp³-hybridized carbons (Fsp3) is 0.231. The van der Waals surface area contributed by atoms with Crippen molar-refractivity contribution in [2.75, 3.05) is 24.9 Å². The van der Waals surface area contributed by atoms with Crippen LogP contribution in [0.5, 0.6) is 11.5 Å². The molecule has 4 rings (SSSR count). The van der Waals surface area contributed by atoms with Gasteiger partial charge in [-0.25, -0.2) is 14.3 Å². The van der Waals surface area contributed by atoms with E-state index in [1.165, 1.54) is 0 Å². The van der Waals surface area contributed by atoms with Crippen LogP contribution in [0.15, 0.2) is 60.8 Å². The predicted octanol–water partition coefficient (Wildman–Crippen LogP) is 5.01. The second-order valence-corrected chi connectivity index (χ2v) is 8.86. The standard InChI is InChI=1S/C26H27N5O5/c1-26(2,3)36-25(33)29-18-9-7-17(8-10-18)28-24(32)19-15-23-27-13-12-20(31(23)30-19)16-6-11-21(34-4)22(14-16)35-5/h6-15H,1-5H3,(H,28,32)(H,29,33). The number of carbonyl (C=O) groups excluding carboxylic acids is 2. The van der Waals surface area contributed by atoms with Crippen molar-refractivity contribution in [3.05, 3.63) is 66.5 Å². The maximum absolute atomic E-state index is 12.9. The molecule has 36 heavy (non-hydrogen) atoms. The third kappa shape index (κ3) is 5.54. The van der Waals surface area contributed by atoms with Crippen LogP contribution < -0.4 is 20.1 Å². The Labute approximate surface area is 208 Å². The van der Waals surface area contributed by atoms with Gasteiger partial charge in [0.2, 0.25) is 0 Å². The Kier molecular flexibility index (Phi) is 6.77. The Morgan fingerprint density at radius 2 is 1.53 bits per heavy atom. The van der Waals surface area contributed by atoms with E-state index in [0.717, 1.165) is 11.3 Å². The minimum Gasteiger partial charge on any atom is -0.493 e. The van der Waals surface area contributed by atoms with E-state index < -0.39 is 17.6 Å². The number of fused-ring (bicyclic) bond motifs is 1. The molecular formula is C26H27N5O5. The average Bonchev–Trinajstić information content (AvgIpc) is 3.28. The van der Waals surface area contributed by atoms with Crippen molar-refractivity contribution in [1.82, 2.24) is 14.6 Å². The lowest BCUT2D eigenvalue weighted by atomic mass is 10.1. The molecule has 0 fully saturated rings. The summed E-state index contributed by atoms with van der Waals surface area (Å²) in [5.74, 6) is 0.792. The van der Waals surface area contributed by atoms with E-state index >= 15 is 0 Å². The molecule has 0 unspecified atom stereocenters. The van der Waals surface area contributed by atoms with Crippen molar-refractivity contribution in [2.24, 2.45) is 0 Å². The van der Waals surface area contributed by atoms with E-state index in [1.807, 2.05) is 12.1 Å². The molecule has 4 aromatic rings. The van der Waals surface area contributed by atoms with E-state index in [1.54, 1.807) is 88.2 Å². The molecule has 10 heteroatoms. The van der Waals surface area contributed by atoms with E-state index in [2.05, 4.69) is 20.7 Å². The third-order valence-electron chi connectivity index (χ3n) is 5.06. The first kappa shape index (κ1) is 24.5. The molecule has 0 radical (unpaired) electrons. The fourth-order valence-corrected chi connectivity index (χ4v) is 3.47. The van der Waals surface area contributed by atoms with Gasteiger partial charge in [0.05, 0.1) is 19.9 Å². The highest BCUT2D eigenvalue weighted by Crippen LogP contribution is 2.32. The molecule has 2 heterocycles. The lowest BCUT2D eigenvalue weighted by Crippen LogP contribution is -2.27. The second kappa shape index (κ2) is 9.95. The fourth-order valence-electron chi connectivity index (χ4n) is 3.47. The molecule has 2 aromatic heterocycles. The highest BCUT2D eigenvalue weighted by atomic mass is 16.6. The van der Waals surface area contributed by atoms with Gasteiger partial charge >= 0.3 is 6.09 Å². The monoisotopic (exact) mass is 489 g/mol. The van der Waals surface area contributed by atoms with Crippen molar-refractivity contribution in [2.45, 2.75) is 26.4 Å². The summed E-state index contributed by atoms with van der Waals surface area (Å²) in [6.45, 7) is 5.37. The largest absolute Gasteiger partial charge is 0.493 e. The molecule has 2 N–H and O–H groups in total. The van der Waals surface area contributed by atoms with Gasteiger partial charge in [-0.15, -0.1) is 0 Å². The molecule has 0 bridgehead atoms. The molecule has 2 aromatic carbocycles. The number of ether oxygens (including phenoxy) is 3. The molecule has 0 aliphatic rings. The first-order valence-corrected chi connectivity index (χ1v) is 11.2. The number of aromatic nitrogens is 3. The maximum atomic E-state index is 12.9. The Morgan fingerprint density at radius 3 is 2.17 bits per heavy atom. The maximum Gasteiger partial charge on any atom is 0.412 e. The van der Waals surface area contributed by atoms with E-state index in [-0.39, 0.29) is 5.69 Å². The Hall–Kier alpha value is -4.60. The summed E-state index contributed by atoms with van der Waals surface area (Å²) >= 11 is 0. The van der Waals surface area contributed by atoms with Crippen LogP contribution in [0.1, 0.15) is 31.3 Å². The molecule has 0 atom stereocenters. The molecule has 0 saturated carbocycles. The predicted molar refractivity (Wildman–Crippen MR) is 136 cm³/mol. The Morgan fingerprint density at radius 1 is 0.861 bits per heavy atom. The van der Waals surface area contributed by atoms with Gasteiger partial charge in [0.25, 0.3) is 5.91 Å². The smallest absolute Gasteiger partial charge is 0.412 e. The Bertz CT molecular complexity index is 1410. The highest BCUT2D eigenvalue weighted by molar-refractivity contribution is 6.03. The molecule has 0 spiro atoms. The van der Waals surface area contributed by atoms with Crippen LogP contribution in [0.4, 0.5) is 16.2 Å². The molecule has 0 aliphatic heterocycles. The summed E-state index contributed by atoms with van der Waals surface area (Å²) in [7, 11) is 3.14. The molecular weight excluding hydrogens is 462 g/mol. The zero-order chi connectivity index (χ0) is 25.9. The van der Waals surface area contributed by atoms with E-state index in [9.17, 15) is 9.59 Å². The van der Waals surface area contributed by atoms with Gasteiger partial charge in [-0.2, -0.15) is 5.10 Å². The van der Waals surface area contributed by atoms with Crippen LogP contribution in [0, 0.1) is 0 Å². The minimum absolute atomic E-state index is 0.200. The number of benzene rings is 2. The lowest BCUT2D eigenvalue weighted by Gasteiger charge is -2.19. The summed E-state index contributed by atoms with van der Waals surface area (Å²) in [5.41, 5.74) is 2.76. The van der Waals surface area contributed by atoms with Gasteiger partial charge in [-0.05, 0) is 69.3 Å². The van der Waals surface area contributed by atoms with Crippen LogP contribution in [0.3, 0.4) is 0 Å². The number of hydrogen-bond acceptors (Lipinski definition) is 7. The number of rotatable bonds is 6. The number of nitrogens with zero attached hydrogens (tertiary/aromatic N) is 3. The quantitative estimate of drug-likeness (QED) is 0.391. The Balaban J connectivity index is 1.52. The lowest BCUT2D eigenvalue weighted by molar-refractivity contribution is 0.0635. The number of hydrogen-bond donors (Lipinski definition) is 2. The highest BCUT2D eigenvalue weighted by Gasteiger charge is 2.17. The molecule has 186 valence electrons. The average molecular weight is 490 g/mol. The van der Waals surface area contributed by atoms with Crippen molar-refractivity contribution in [3.63, 3.8) is 0 Å². The zero-order valence-corrected chi connectivity index (χ0v) is 20.7. The summed E-state index contributed by atoms with van der Waals surface area (Å²) in [6, 6.07) is 15.6. The van der Waals surface area contributed by atoms with Gasteiger partial charge < -0.3 is 19.5 Å². The molecule has 2 amide bonds. The van der Waals surface area contributed by atoms with Gasteiger partial charge in [-0.3, -0.25) is 10.1 Å². The minimum atomic E-state index is -0.597. The number of amides is 2. The van der Waals surface area contributed by atoms with Crippen molar-refractivity contribution in [3.8, 4) is 22.8 Å². The third-order valence-corrected chi connectivity index (χ3v) is 5.06.